The fourth-order valence-electron chi connectivity index (χ4n) is 2.88. The minimum Gasteiger partial charge on any atom is -0.478 e. The first-order valence-electron chi connectivity index (χ1n) is 7.77. The van der Waals surface area contributed by atoms with Gasteiger partial charge < -0.3 is 10.4 Å². The Bertz CT molecular complexity index is 491. The van der Waals surface area contributed by atoms with E-state index < -0.39 is 5.97 Å². The van der Waals surface area contributed by atoms with Gasteiger partial charge >= 0.3 is 5.97 Å². The van der Waals surface area contributed by atoms with Gasteiger partial charge in [-0.15, -0.1) is 0 Å². The van der Waals surface area contributed by atoms with Crippen LogP contribution in [-0.4, -0.2) is 23.5 Å². The molecule has 1 aliphatic rings. The average molecular weight is 289 g/mol. The second-order valence-electron chi connectivity index (χ2n) is 5.74. The summed E-state index contributed by atoms with van der Waals surface area (Å²) in [5.74, 6) is -0.594. The number of nitrogens with one attached hydrogen (secondary N) is 1. The summed E-state index contributed by atoms with van der Waals surface area (Å²) in [5, 5.41) is 11.9. The van der Waals surface area contributed by atoms with E-state index >= 15 is 0 Å². The smallest absolute Gasteiger partial charge is 0.335 e. The molecule has 2 rings (SSSR count). The van der Waals surface area contributed by atoms with Gasteiger partial charge in [-0.3, -0.25) is 4.79 Å². The molecule has 0 unspecified atom stereocenters. The normalized spacial score (nSPS) is 16.2. The van der Waals surface area contributed by atoms with E-state index in [-0.39, 0.29) is 11.8 Å². The van der Waals surface area contributed by atoms with Crippen molar-refractivity contribution < 1.29 is 14.7 Å². The highest BCUT2D eigenvalue weighted by Gasteiger charge is 2.19. The van der Waals surface area contributed by atoms with Crippen molar-refractivity contribution in [3.05, 3.63) is 35.4 Å². The van der Waals surface area contributed by atoms with Crippen LogP contribution in [0, 0.1) is 5.92 Å². The Hall–Kier alpha value is -1.84. The van der Waals surface area contributed by atoms with Gasteiger partial charge in [-0.1, -0.05) is 37.8 Å². The molecule has 4 nitrogen and oxygen atoms in total. The molecule has 2 N–H and O–H groups in total. The minimum absolute atomic E-state index is 0.159. The summed E-state index contributed by atoms with van der Waals surface area (Å²) in [6.07, 6.45) is 7.45. The first-order chi connectivity index (χ1) is 10.2. The van der Waals surface area contributed by atoms with Gasteiger partial charge in [0.15, 0.2) is 0 Å². The molecule has 1 amide bonds. The van der Waals surface area contributed by atoms with Crippen LogP contribution in [0.2, 0.25) is 0 Å². The summed E-state index contributed by atoms with van der Waals surface area (Å²) in [5.41, 5.74) is 1.23. The Kier molecular flexibility index (Phi) is 5.78. The number of carboxylic acid groups (broad SMARTS) is 1. The second kappa shape index (κ2) is 7.81. The third-order valence-corrected chi connectivity index (χ3v) is 4.11. The molecule has 0 aliphatic heterocycles. The molecule has 4 heteroatoms. The number of rotatable bonds is 5. The lowest BCUT2D eigenvalue weighted by Crippen LogP contribution is -2.32. The quantitative estimate of drug-likeness (QED) is 0.819. The van der Waals surface area contributed by atoms with Gasteiger partial charge in [-0.2, -0.15) is 0 Å². The number of hydrogen-bond donors (Lipinski definition) is 2. The fraction of sp³-hybridized carbons (Fsp3) is 0.529. The van der Waals surface area contributed by atoms with E-state index in [4.69, 9.17) is 5.11 Å². The first-order valence-corrected chi connectivity index (χ1v) is 7.77. The van der Waals surface area contributed by atoms with E-state index in [0.29, 0.717) is 18.5 Å². The molecule has 0 bridgehead atoms. The Morgan fingerprint density at radius 3 is 2.52 bits per heavy atom. The van der Waals surface area contributed by atoms with Crippen LogP contribution in [0.1, 0.15) is 54.4 Å². The maximum Gasteiger partial charge on any atom is 0.335 e. The molecular weight excluding hydrogens is 266 g/mol. The Balaban J connectivity index is 1.79. The number of amides is 1. The number of carbonyl (C=O) groups excluding carboxylic acids is 1. The van der Waals surface area contributed by atoms with Crippen molar-refractivity contribution in [2.24, 2.45) is 5.92 Å². The third kappa shape index (κ3) is 4.88. The van der Waals surface area contributed by atoms with Crippen LogP contribution in [0.4, 0.5) is 0 Å². The lowest BCUT2D eigenvalue weighted by molar-refractivity contribution is -0.125. The Morgan fingerprint density at radius 2 is 1.86 bits per heavy atom. The minimum atomic E-state index is -0.917. The van der Waals surface area contributed by atoms with Gasteiger partial charge in [0.05, 0.1) is 5.56 Å². The molecule has 0 spiro atoms. The van der Waals surface area contributed by atoms with Crippen LogP contribution >= 0.6 is 0 Å². The lowest BCUT2D eigenvalue weighted by Gasteiger charge is -2.14. The molecule has 0 atom stereocenters. The van der Waals surface area contributed by atoms with Crippen molar-refractivity contribution in [1.82, 2.24) is 5.32 Å². The summed E-state index contributed by atoms with van der Waals surface area (Å²) in [6.45, 7) is 0.568. The summed E-state index contributed by atoms with van der Waals surface area (Å²) in [4.78, 5) is 23.0. The SMILES string of the molecule is O=C(O)c1cccc(CCNC(=O)C2CCCCCC2)c1. The van der Waals surface area contributed by atoms with Crippen LogP contribution in [0.25, 0.3) is 0 Å². The van der Waals surface area contributed by atoms with Gasteiger partial charge in [0, 0.05) is 12.5 Å². The number of hydrogen-bond acceptors (Lipinski definition) is 2. The topological polar surface area (TPSA) is 66.4 Å². The number of benzene rings is 1. The van der Waals surface area contributed by atoms with Gasteiger partial charge in [0.1, 0.15) is 0 Å². The zero-order chi connectivity index (χ0) is 15.1. The average Bonchev–Trinajstić information content (AvgIpc) is 2.76. The first kappa shape index (κ1) is 15.5. The second-order valence-corrected chi connectivity index (χ2v) is 5.74. The van der Waals surface area contributed by atoms with Crippen LogP contribution in [0.3, 0.4) is 0 Å². The lowest BCUT2D eigenvalue weighted by atomic mass is 9.99. The monoisotopic (exact) mass is 289 g/mol. The summed E-state index contributed by atoms with van der Waals surface area (Å²) in [7, 11) is 0. The van der Waals surface area contributed by atoms with Crippen molar-refractivity contribution in [2.45, 2.75) is 44.9 Å². The van der Waals surface area contributed by atoms with E-state index in [9.17, 15) is 9.59 Å². The van der Waals surface area contributed by atoms with Crippen molar-refractivity contribution in [1.29, 1.82) is 0 Å². The van der Waals surface area contributed by atoms with Crippen LogP contribution in [0.5, 0.6) is 0 Å². The molecule has 0 radical (unpaired) electrons. The van der Waals surface area contributed by atoms with Crippen molar-refractivity contribution in [3.63, 3.8) is 0 Å². The van der Waals surface area contributed by atoms with Gasteiger partial charge in [0.25, 0.3) is 0 Å². The highest BCUT2D eigenvalue weighted by molar-refractivity contribution is 5.87. The maximum atomic E-state index is 12.1. The van der Waals surface area contributed by atoms with Crippen LogP contribution in [0.15, 0.2) is 24.3 Å². The zero-order valence-electron chi connectivity index (χ0n) is 12.3. The van der Waals surface area contributed by atoms with Crippen molar-refractivity contribution >= 4 is 11.9 Å². The van der Waals surface area contributed by atoms with E-state index in [1.807, 2.05) is 6.07 Å². The summed E-state index contributed by atoms with van der Waals surface area (Å²) < 4.78 is 0. The highest BCUT2D eigenvalue weighted by Crippen LogP contribution is 2.22. The van der Waals surface area contributed by atoms with Crippen LogP contribution in [-0.2, 0) is 11.2 Å². The summed E-state index contributed by atoms with van der Waals surface area (Å²) in [6, 6.07) is 6.88. The van der Waals surface area contributed by atoms with Gasteiger partial charge in [0.2, 0.25) is 5.91 Å². The Morgan fingerprint density at radius 1 is 1.14 bits per heavy atom. The molecule has 1 aromatic rings. The van der Waals surface area contributed by atoms with Crippen molar-refractivity contribution in [2.75, 3.05) is 6.54 Å². The molecule has 0 aromatic heterocycles. The predicted molar refractivity (Wildman–Crippen MR) is 81.3 cm³/mol. The maximum absolute atomic E-state index is 12.1. The Labute approximate surface area is 125 Å². The molecular formula is C17H23NO3. The molecule has 1 saturated carbocycles. The molecule has 1 fully saturated rings. The molecule has 0 saturated heterocycles. The third-order valence-electron chi connectivity index (χ3n) is 4.11. The zero-order valence-corrected chi connectivity index (χ0v) is 12.3. The van der Waals surface area contributed by atoms with Crippen molar-refractivity contribution in [3.8, 4) is 0 Å². The highest BCUT2D eigenvalue weighted by atomic mass is 16.4. The number of aromatic carboxylic acids is 1. The standard InChI is InChI=1S/C17H23NO3/c19-16(14-7-3-1-2-4-8-14)18-11-10-13-6-5-9-15(12-13)17(20)21/h5-6,9,12,14H,1-4,7-8,10-11H2,(H,18,19)(H,20,21). The van der Waals surface area contributed by atoms with Crippen LogP contribution < -0.4 is 5.32 Å². The summed E-state index contributed by atoms with van der Waals surface area (Å²) >= 11 is 0. The number of carbonyl (C=O) groups is 2. The van der Waals surface area contributed by atoms with Gasteiger partial charge in [-0.25, -0.2) is 4.79 Å². The fourth-order valence-corrected chi connectivity index (χ4v) is 2.88. The van der Waals surface area contributed by atoms with E-state index in [0.717, 1.165) is 31.2 Å². The molecule has 1 aromatic carbocycles. The molecule has 0 heterocycles. The molecule has 1 aliphatic carbocycles. The van der Waals surface area contributed by atoms with E-state index in [1.54, 1.807) is 18.2 Å². The molecule has 114 valence electrons. The number of carboxylic acids is 1. The van der Waals surface area contributed by atoms with E-state index in [2.05, 4.69) is 5.32 Å². The predicted octanol–water partition coefficient (Wildman–Crippen LogP) is 3.01. The van der Waals surface area contributed by atoms with Gasteiger partial charge in [-0.05, 0) is 37.0 Å². The molecule has 21 heavy (non-hydrogen) atoms. The van der Waals surface area contributed by atoms with E-state index in [1.165, 1.54) is 12.8 Å². The largest absolute Gasteiger partial charge is 0.478 e.